The van der Waals surface area contributed by atoms with E-state index in [0.717, 1.165) is 18.5 Å². The molecular formula is C19H25ClN4O2. The molecule has 1 N–H and O–H groups in total. The van der Waals surface area contributed by atoms with Gasteiger partial charge in [-0.15, -0.1) is 11.6 Å². The van der Waals surface area contributed by atoms with Gasteiger partial charge in [0.15, 0.2) is 0 Å². The predicted octanol–water partition coefficient (Wildman–Crippen LogP) is 2.33. The number of alkyl halides is 1. The van der Waals surface area contributed by atoms with Gasteiger partial charge in [0.1, 0.15) is 11.9 Å². The second kappa shape index (κ2) is 10.1. The Bertz CT molecular complexity index is 655. The van der Waals surface area contributed by atoms with Crippen LogP contribution in [0.2, 0.25) is 0 Å². The summed E-state index contributed by atoms with van der Waals surface area (Å²) in [6.07, 6.45) is 3.75. The molecule has 1 aromatic carbocycles. The minimum atomic E-state index is -0.763. The van der Waals surface area contributed by atoms with Gasteiger partial charge in [0.05, 0.1) is 5.88 Å². The van der Waals surface area contributed by atoms with Crippen molar-refractivity contribution in [3.8, 4) is 0 Å². The molecule has 1 fully saturated rings. The lowest BCUT2D eigenvalue weighted by Crippen LogP contribution is -2.52. The van der Waals surface area contributed by atoms with Crippen LogP contribution in [0.3, 0.4) is 0 Å². The SMILES string of the molecule is C=N/C=C\C(=N/C)C(=O)N1CCC(N(c2ccccc2)C(O)CCl)CC1. The zero-order valence-electron chi connectivity index (χ0n) is 15.0. The number of amides is 1. The standard InChI is InChI=1S/C19H25ClN4O2/c1-21-11-8-17(22-2)19(26)23-12-9-16(10-13-23)24(18(25)14-20)15-6-4-3-5-7-15/h3-8,11,16,18,25H,1,9-10,12-14H2,2H3/b11-8-,22-17+. The highest BCUT2D eigenvalue weighted by atomic mass is 35.5. The summed E-state index contributed by atoms with van der Waals surface area (Å²) in [4.78, 5) is 23.9. The lowest BCUT2D eigenvalue weighted by molar-refractivity contribution is -0.125. The van der Waals surface area contributed by atoms with E-state index in [4.69, 9.17) is 11.6 Å². The lowest BCUT2D eigenvalue weighted by Gasteiger charge is -2.41. The second-order valence-corrected chi connectivity index (χ2v) is 6.32. The fourth-order valence-corrected chi connectivity index (χ4v) is 3.32. The molecule has 6 nitrogen and oxygen atoms in total. The van der Waals surface area contributed by atoms with Crippen LogP contribution >= 0.6 is 11.6 Å². The smallest absolute Gasteiger partial charge is 0.272 e. The first-order chi connectivity index (χ1) is 12.6. The number of benzene rings is 1. The van der Waals surface area contributed by atoms with Crippen molar-refractivity contribution < 1.29 is 9.90 Å². The van der Waals surface area contributed by atoms with E-state index in [1.165, 1.54) is 6.20 Å². The summed E-state index contributed by atoms with van der Waals surface area (Å²) in [6.45, 7) is 4.55. The van der Waals surface area contributed by atoms with Crippen LogP contribution in [-0.2, 0) is 4.79 Å². The molecule has 1 heterocycles. The van der Waals surface area contributed by atoms with Crippen LogP contribution in [-0.4, -0.2) is 66.6 Å². The van der Waals surface area contributed by atoms with Gasteiger partial charge in [0.2, 0.25) is 0 Å². The number of hydrogen-bond acceptors (Lipinski definition) is 5. The Balaban J connectivity index is 2.06. The molecule has 1 aliphatic heterocycles. The molecule has 1 atom stereocenters. The number of carbonyl (C=O) groups excluding carboxylic acids is 1. The largest absolute Gasteiger partial charge is 0.372 e. The Labute approximate surface area is 159 Å². The van der Waals surface area contributed by atoms with E-state index in [-0.39, 0.29) is 17.8 Å². The van der Waals surface area contributed by atoms with Crippen LogP contribution in [0.5, 0.6) is 0 Å². The van der Waals surface area contributed by atoms with Gasteiger partial charge < -0.3 is 14.9 Å². The van der Waals surface area contributed by atoms with E-state index < -0.39 is 6.23 Å². The number of aliphatic hydroxyl groups excluding tert-OH is 1. The number of rotatable bonds is 7. The van der Waals surface area contributed by atoms with Crippen LogP contribution < -0.4 is 4.90 Å². The Hall–Kier alpha value is -2.18. The molecule has 0 spiro atoms. The normalized spacial score (nSPS) is 17.3. The molecule has 1 aromatic rings. The summed E-state index contributed by atoms with van der Waals surface area (Å²) in [5, 5.41) is 10.4. The highest BCUT2D eigenvalue weighted by molar-refractivity contribution is 6.43. The van der Waals surface area contributed by atoms with Gasteiger partial charge >= 0.3 is 0 Å². The van der Waals surface area contributed by atoms with E-state index >= 15 is 0 Å². The number of aliphatic hydroxyl groups is 1. The highest BCUT2D eigenvalue weighted by Crippen LogP contribution is 2.26. The van der Waals surface area contributed by atoms with E-state index in [2.05, 4.69) is 16.7 Å². The van der Waals surface area contributed by atoms with Crippen LogP contribution in [0.1, 0.15) is 12.8 Å². The van der Waals surface area contributed by atoms with Gasteiger partial charge in [0, 0.05) is 38.1 Å². The van der Waals surface area contributed by atoms with Crippen molar-refractivity contribution in [2.75, 3.05) is 30.9 Å². The third-order valence-corrected chi connectivity index (χ3v) is 4.73. The molecule has 1 amide bonds. The Kier molecular flexibility index (Phi) is 7.81. The maximum Gasteiger partial charge on any atom is 0.272 e. The quantitative estimate of drug-likeness (QED) is 0.451. The van der Waals surface area contributed by atoms with Gasteiger partial charge in [-0.1, -0.05) is 18.2 Å². The van der Waals surface area contributed by atoms with Gasteiger partial charge in [-0.3, -0.25) is 14.8 Å². The zero-order chi connectivity index (χ0) is 18.9. The number of likely N-dealkylation sites (tertiary alicyclic amines) is 1. The number of halogens is 1. The summed E-state index contributed by atoms with van der Waals surface area (Å²) in [5.74, 6) is 0.00929. The average Bonchev–Trinajstić information content (AvgIpc) is 2.69. The molecule has 2 rings (SSSR count). The monoisotopic (exact) mass is 376 g/mol. The van der Waals surface area contributed by atoms with Crippen molar-refractivity contribution in [3.05, 3.63) is 42.6 Å². The van der Waals surface area contributed by atoms with E-state index in [0.29, 0.717) is 18.8 Å². The van der Waals surface area contributed by atoms with Gasteiger partial charge in [0.25, 0.3) is 5.91 Å². The molecule has 140 valence electrons. The number of anilines is 1. The molecule has 0 saturated carbocycles. The summed E-state index contributed by atoms with van der Waals surface area (Å²) >= 11 is 5.91. The van der Waals surface area contributed by atoms with Crippen molar-refractivity contribution in [3.63, 3.8) is 0 Å². The van der Waals surface area contributed by atoms with Crippen LogP contribution in [0.15, 0.2) is 52.6 Å². The molecule has 1 saturated heterocycles. The molecule has 26 heavy (non-hydrogen) atoms. The molecule has 1 unspecified atom stereocenters. The topological polar surface area (TPSA) is 68.5 Å². The maximum atomic E-state index is 12.6. The molecule has 1 aliphatic rings. The maximum absolute atomic E-state index is 12.6. The summed E-state index contributed by atoms with van der Waals surface area (Å²) in [6, 6.07) is 9.85. The van der Waals surface area contributed by atoms with E-state index in [1.807, 2.05) is 35.2 Å². The number of aliphatic imine (C=N–C) groups is 2. The number of hydrogen-bond donors (Lipinski definition) is 1. The molecule has 7 heteroatoms. The van der Waals surface area contributed by atoms with Crippen molar-refractivity contribution in [1.29, 1.82) is 0 Å². The number of para-hydroxylation sites is 1. The van der Waals surface area contributed by atoms with Crippen molar-refractivity contribution >= 4 is 35.6 Å². The summed E-state index contributed by atoms with van der Waals surface area (Å²) in [5.41, 5.74) is 1.29. The third kappa shape index (κ3) is 4.93. The van der Waals surface area contributed by atoms with Gasteiger partial charge in [-0.05, 0) is 37.8 Å². The fourth-order valence-electron chi connectivity index (χ4n) is 3.17. The van der Waals surface area contributed by atoms with Gasteiger partial charge in [-0.2, -0.15) is 0 Å². The third-order valence-electron chi connectivity index (χ3n) is 4.46. The first kappa shape index (κ1) is 20.1. The van der Waals surface area contributed by atoms with Crippen LogP contribution in [0.25, 0.3) is 0 Å². The van der Waals surface area contributed by atoms with Crippen molar-refractivity contribution in [2.24, 2.45) is 9.98 Å². The Morgan fingerprint density at radius 1 is 1.42 bits per heavy atom. The fraction of sp³-hybridized carbons (Fsp3) is 0.421. The highest BCUT2D eigenvalue weighted by Gasteiger charge is 2.31. The minimum absolute atomic E-state index is 0.114. The zero-order valence-corrected chi connectivity index (χ0v) is 15.7. The Morgan fingerprint density at radius 2 is 2.08 bits per heavy atom. The molecule has 0 aromatic heterocycles. The minimum Gasteiger partial charge on any atom is -0.372 e. The summed E-state index contributed by atoms with van der Waals surface area (Å²) < 4.78 is 0. The second-order valence-electron chi connectivity index (χ2n) is 6.01. The Morgan fingerprint density at radius 3 is 2.62 bits per heavy atom. The molecule has 0 bridgehead atoms. The van der Waals surface area contributed by atoms with E-state index in [1.54, 1.807) is 18.0 Å². The van der Waals surface area contributed by atoms with Gasteiger partial charge in [-0.25, -0.2) is 0 Å². The number of piperidine rings is 1. The average molecular weight is 377 g/mol. The molecule has 0 radical (unpaired) electrons. The van der Waals surface area contributed by atoms with E-state index in [9.17, 15) is 9.90 Å². The first-order valence-corrected chi connectivity index (χ1v) is 9.11. The number of nitrogens with zero attached hydrogens (tertiary/aromatic N) is 4. The van der Waals surface area contributed by atoms with Crippen molar-refractivity contribution in [1.82, 2.24) is 4.90 Å². The van der Waals surface area contributed by atoms with Crippen molar-refractivity contribution in [2.45, 2.75) is 25.1 Å². The predicted molar refractivity (Wildman–Crippen MR) is 107 cm³/mol. The first-order valence-electron chi connectivity index (χ1n) is 8.58. The summed E-state index contributed by atoms with van der Waals surface area (Å²) in [7, 11) is 1.58. The van der Waals surface area contributed by atoms with Crippen LogP contribution in [0, 0.1) is 0 Å². The van der Waals surface area contributed by atoms with Crippen LogP contribution in [0.4, 0.5) is 5.69 Å². The lowest BCUT2D eigenvalue weighted by atomic mass is 10.0. The molecule has 0 aliphatic carbocycles. The number of carbonyl (C=O) groups is 1. The molecular weight excluding hydrogens is 352 g/mol.